The number of amides is 4. The van der Waals surface area contributed by atoms with E-state index in [1.165, 1.54) is 16.2 Å². The SMILES string of the molecule is COc1ccc2c(O[C@@H]3C[C@@H](C(=O)N[C@]45CC4C=CCCCCCS(=O)(=O)NC5=O)N(C(=O)[C@@H](NC(=O)OC4CCCC4)C(C)(C)C)C3)cc(-c3csc(NC(C)C)n3)nc2c1. The number of methoxy groups -OCH3 is 1. The minimum atomic E-state index is -3.96. The fourth-order valence-corrected chi connectivity index (χ4v) is 10.5. The molecule has 2 aromatic heterocycles. The lowest BCUT2D eigenvalue weighted by Crippen LogP contribution is -2.60. The van der Waals surface area contributed by atoms with Crippen LogP contribution in [0.25, 0.3) is 22.3 Å². The molecule has 1 saturated heterocycles. The number of ether oxygens (including phenoxy) is 3. The van der Waals surface area contributed by atoms with Crippen LogP contribution in [0.2, 0.25) is 0 Å². The molecule has 3 fully saturated rings. The number of nitrogens with zero attached hydrogens (tertiary/aromatic N) is 3. The number of nitrogens with one attached hydrogen (secondary N) is 4. The van der Waals surface area contributed by atoms with E-state index in [2.05, 4.69) is 20.7 Å². The third-order valence-electron chi connectivity index (χ3n) is 11.9. The van der Waals surface area contributed by atoms with Crippen molar-refractivity contribution in [2.45, 2.75) is 135 Å². The number of allylic oxidation sites excluding steroid dienone is 1. The van der Waals surface area contributed by atoms with Crippen molar-refractivity contribution in [1.29, 1.82) is 0 Å². The van der Waals surface area contributed by atoms with Crippen LogP contribution >= 0.6 is 11.3 Å². The molecular formula is C44H59N7O9S2. The molecule has 2 aliphatic heterocycles. The Labute approximate surface area is 367 Å². The predicted molar refractivity (Wildman–Crippen MR) is 236 cm³/mol. The van der Waals surface area contributed by atoms with Gasteiger partial charge in [0.15, 0.2) is 5.13 Å². The number of alkyl carbamates (subject to hydrolysis) is 1. The number of rotatable bonds is 11. The first-order chi connectivity index (χ1) is 29.4. The summed E-state index contributed by atoms with van der Waals surface area (Å²) in [4.78, 5) is 67.8. The number of carbonyl (C=O) groups excluding carboxylic acids is 4. The Balaban J connectivity index is 1.22. The largest absolute Gasteiger partial charge is 0.497 e. The first kappa shape index (κ1) is 45.1. The minimum Gasteiger partial charge on any atom is -0.497 e. The summed E-state index contributed by atoms with van der Waals surface area (Å²) in [7, 11) is -2.39. The van der Waals surface area contributed by atoms with Gasteiger partial charge in [-0.2, -0.15) is 0 Å². The van der Waals surface area contributed by atoms with Crippen LogP contribution in [0.3, 0.4) is 0 Å². The summed E-state index contributed by atoms with van der Waals surface area (Å²) in [5.41, 5.74) is -0.600. The summed E-state index contributed by atoms with van der Waals surface area (Å²) in [5, 5.41) is 12.4. The van der Waals surface area contributed by atoms with E-state index in [9.17, 15) is 27.6 Å². The van der Waals surface area contributed by atoms with Gasteiger partial charge in [0, 0.05) is 41.3 Å². The Morgan fingerprint density at radius 2 is 1.79 bits per heavy atom. The van der Waals surface area contributed by atoms with Crippen LogP contribution < -0.4 is 30.1 Å². The van der Waals surface area contributed by atoms with Crippen molar-refractivity contribution in [3.63, 3.8) is 0 Å². The second-order valence-electron chi connectivity index (χ2n) is 18.3. The molecule has 4 amide bonds. The molecular weight excluding hydrogens is 835 g/mol. The average molecular weight is 894 g/mol. The van der Waals surface area contributed by atoms with Gasteiger partial charge in [0.05, 0.1) is 30.6 Å². The van der Waals surface area contributed by atoms with Crippen molar-refractivity contribution >= 4 is 61.2 Å². The molecule has 4 N–H and O–H groups in total. The Hall–Kier alpha value is -4.97. The van der Waals surface area contributed by atoms with Gasteiger partial charge in [-0.3, -0.25) is 19.1 Å². The van der Waals surface area contributed by atoms with Crippen LogP contribution in [0.1, 0.15) is 98.8 Å². The van der Waals surface area contributed by atoms with Gasteiger partial charge in [-0.15, -0.1) is 11.3 Å². The number of likely N-dealkylation sites (tertiary alicyclic amines) is 1. The maximum absolute atomic E-state index is 14.9. The monoisotopic (exact) mass is 893 g/mol. The zero-order valence-electron chi connectivity index (χ0n) is 36.3. The molecule has 62 heavy (non-hydrogen) atoms. The van der Waals surface area contributed by atoms with E-state index in [1.807, 2.05) is 58.2 Å². The fourth-order valence-electron chi connectivity index (χ4n) is 8.47. The molecule has 0 radical (unpaired) electrons. The van der Waals surface area contributed by atoms with Crippen molar-refractivity contribution < 1.29 is 41.8 Å². The molecule has 1 unspecified atom stereocenters. The molecule has 2 aliphatic carbocycles. The number of hydrogen-bond donors (Lipinski definition) is 4. The third kappa shape index (κ3) is 10.4. The molecule has 2 saturated carbocycles. The molecule has 5 atom stereocenters. The number of carbonyl (C=O) groups is 4. The molecule has 4 heterocycles. The maximum Gasteiger partial charge on any atom is 0.408 e. The van der Waals surface area contributed by atoms with Crippen LogP contribution in [0.5, 0.6) is 11.5 Å². The number of hydrogen-bond acceptors (Lipinski definition) is 13. The zero-order valence-corrected chi connectivity index (χ0v) is 38.0. The van der Waals surface area contributed by atoms with Crippen molar-refractivity contribution in [2.24, 2.45) is 11.3 Å². The van der Waals surface area contributed by atoms with E-state index in [0.717, 1.165) is 37.2 Å². The molecule has 18 heteroatoms. The van der Waals surface area contributed by atoms with Gasteiger partial charge < -0.3 is 35.1 Å². The Morgan fingerprint density at radius 3 is 2.52 bits per heavy atom. The van der Waals surface area contributed by atoms with Crippen LogP contribution in [0, 0.1) is 11.3 Å². The normalized spacial score (nSPS) is 24.6. The molecule has 7 rings (SSSR count). The summed E-state index contributed by atoms with van der Waals surface area (Å²) < 4.78 is 46.1. The fraction of sp³-hybridized carbons (Fsp3) is 0.591. The summed E-state index contributed by atoms with van der Waals surface area (Å²) in [5.74, 6) is -1.60. The minimum absolute atomic E-state index is 0.0198. The van der Waals surface area contributed by atoms with E-state index < -0.39 is 68.9 Å². The Kier molecular flexibility index (Phi) is 13.4. The highest BCUT2D eigenvalue weighted by molar-refractivity contribution is 7.90. The van der Waals surface area contributed by atoms with Crippen molar-refractivity contribution in [3.8, 4) is 22.9 Å². The topological polar surface area (TPSA) is 207 Å². The Bertz CT molecular complexity index is 2300. The van der Waals surface area contributed by atoms with Gasteiger partial charge in [0.1, 0.15) is 47.0 Å². The number of sulfonamides is 1. The molecule has 16 nitrogen and oxygen atoms in total. The second-order valence-corrected chi connectivity index (χ2v) is 21.0. The van der Waals surface area contributed by atoms with E-state index in [4.69, 9.17) is 24.2 Å². The Morgan fingerprint density at radius 1 is 1.02 bits per heavy atom. The van der Waals surface area contributed by atoms with Gasteiger partial charge >= 0.3 is 6.09 Å². The van der Waals surface area contributed by atoms with Gasteiger partial charge in [-0.05, 0) is 82.8 Å². The molecule has 0 spiro atoms. The number of anilines is 1. The smallest absolute Gasteiger partial charge is 0.408 e. The van der Waals surface area contributed by atoms with Crippen molar-refractivity contribution in [1.82, 2.24) is 30.2 Å². The predicted octanol–water partition coefficient (Wildman–Crippen LogP) is 6.07. The number of thiazole rings is 1. The van der Waals surface area contributed by atoms with Gasteiger partial charge in [-0.25, -0.2) is 23.2 Å². The van der Waals surface area contributed by atoms with Crippen LogP contribution in [0.4, 0.5) is 9.93 Å². The van der Waals surface area contributed by atoms with Gasteiger partial charge in [0.2, 0.25) is 21.8 Å². The van der Waals surface area contributed by atoms with E-state index in [-0.39, 0.29) is 37.3 Å². The first-order valence-electron chi connectivity index (χ1n) is 21.6. The lowest BCUT2D eigenvalue weighted by Gasteiger charge is -2.35. The van der Waals surface area contributed by atoms with Gasteiger partial charge in [0.25, 0.3) is 5.91 Å². The first-order valence-corrected chi connectivity index (χ1v) is 24.2. The summed E-state index contributed by atoms with van der Waals surface area (Å²) in [6.45, 7) is 9.47. The van der Waals surface area contributed by atoms with Gasteiger partial charge in [-0.1, -0.05) is 39.3 Å². The summed E-state index contributed by atoms with van der Waals surface area (Å²) in [6, 6.07) is 5.12. The number of aromatic nitrogens is 2. The average Bonchev–Trinajstić information content (AvgIpc) is 3.64. The summed E-state index contributed by atoms with van der Waals surface area (Å²) >= 11 is 1.45. The molecule has 4 aliphatic rings. The zero-order chi connectivity index (χ0) is 44.4. The molecule has 3 aromatic rings. The second kappa shape index (κ2) is 18.4. The number of benzene rings is 1. The maximum atomic E-state index is 14.9. The lowest BCUT2D eigenvalue weighted by atomic mass is 9.85. The standard InChI is InChI=1S/C44H59N7O9S2/c1-26(2)45-41-47-34(25-61-41)33-22-36(31-18-17-29(58-6)20-32(31)46-33)59-30-21-35(51(24-30)39(53)37(43(3,4)5)48-42(55)60-28-15-11-12-16-28)38(52)49-44-23-27(44)14-10-8-7-9-13-19-62(56,57)50-40(44)54/h10,14,17-18,20,22,25-28,30,35,37H,7-9,11-13,15-16,19,21,23-24H2,1-6H3,(H,45,47)(H,48,55)(H,49,52)(H,50,54)/t27?,30-,35+,37-,44-/m1/s1. The van der Waals surface area contributed by atoms with Crippen LogP contribution in [0.15, 0.2) is 41.8 Å². The van der Waals surface area contributed by atoms with E-state index >= 15 is 0 Å². The van der Waals surface area contributed by atoms with Crippen LogP contribution in [-0.2, 0) is 29.1 Å². The third-order valence-corrected chi connectivity index (χ3v) is 14.0. The number of fused-ring (bicyclic) bond motifs is 2. The molecule has 0 bridgehead atoms. The highest BCUT2D eigenvalue weighted by Crippen LogP contribution is 2.46. The highest BCUT2D eigenvalue weighted by atomic mass is 32.2. The van der Waals surface area contributed by atoms with Crippen molar-refractivity contribution in [3.05, 3.63) is 41.8 Å². The van der Waals surface area contributed by atoms with E-state index in [1.54, 1.807) is 25.3 Å². The van der Waals surface area contributed by atoms with E-state index in [0.29, 0.717) is 53.1 Å². The lowest BCUT2D eigenvalue weighted by molar-refractivity contribution is -0.143. The molecule has 1 aromatic carbocycles. The van der Waals surface area contributed by atoms with Crippen molar-refractivity contribution in [2.75, 3.05) is 24.7 Å². The molecule has 336 valence electrons. The quantitative estimate of drug-likeness (QED) is 0.162. The highest BCUT2D eigenvalue weighted by Gasteiger charge is 2.61. The van der Waals surface area contributed by atoms with Crippen LogP contribution in [-0.4, -0.2) is 102 Å². The summed E-state index contributed by atoms with van der Waals surface area (Å²) in [6.07, 6.45) is 8.37. The number of pyridine rings is 1.